The van der Waals surface area contributed by atoms with E-state index in [1.54, 1.807) is 36.2 Å². The molecule has 130 valence electrons. The maximum atomic E-state index is 12.7. The van der Waals surface area contributed by atoms with Gasteiger partial charge in [0.25, 0.3) is 5.91 Å². The minimum Gasteiger partial charge on any atom is -0.493 e. The average Bonchev–Trinajstić information content (AvgIpc) is 2.63. The summed E-state index contributed by atoms with van der Waals surface area (Å²) in [4.78, 5) is 25.3. The van der Waals surface area contributed by atoms with Crippen molar-refractivity contribution in [2.75, 3.05) is 26.6 Å². The van der Waals surface area contributed by atoms with E-state index in [1.165, 1.54) is 26.4 Å². The summed E-state index contributed by atoms with van der Waals surface area (Å²) in [6.07, 6.45) is -0.416. The maximum absolute atomic E-state index is 12.7. The van der Waals surface area contributed by atoms with Crippen molar-refractivity contribution in [3.05, 3.63) is 53.1 Å². The summed E-state index contributed by atoms with van der Waals surface area (Å²) < 4.78 is 10.5. The summed E-state index contributed by atoms with van der Waals surface area (Å²) in [6, 6.07) is 9.78. The first kappa shape index (κ1) is 16.6. The van der Waals surface area contributed by atoms with Gasteiger partial charge in [-0.05, 0) is 23.8 Å². The van der Waals surface area contributed by atoms with Crippen LogP contribution in [0.5, 0.6) is 11.5 Å². The smallest absolute Gasteiger partial charge is 0.335 e. The fraction of sp³-hybridized carbons (Fsp3) is 0.222. The summed E-state index contributed by atoms with van der Waals surface area (Å²) >= 11 is 0. The molecule has 7 nitrogen and oxygen atoms in total. The van der Waals surface area contributed by atoms with Crippen molar-refractivity contribution < 1.29 is 24.2 Å². The molecule has 3 rings (SSSR count). The molecule has 1 aliphatic rings. The zero-order chi connectivity index (χ0) is 18.1. The Morgan fingerprint density at radius 3 is 2.28 bits per heavy atom. The molecule has 1 aliphatic heterocycles. The van der Waals surface area contributed by atoms with Crippen LogP contribution in [0.4, 0.5) is 5.69 Å². The van der Waals surface area contributed by atoms with E-state index < -0.39 is 12.1 Å². The maximum Gasteiger partial charge on any atom is 0.335 e. The number of fused-ring (bicyclic) bond motifs is 1. The molecule has 0 fully saturated rings. The lowest BCUT2D eigenvalue weighted by molar-refractivity contribution is 0.0693. The van der Waals surface area contributed by atoms with Crippen molar-refractivity contribution >= 4 is 17.6 Å². The molecule has 0 saturated carbocycles. The third kappa shape index (κ3) is 2.84. The fourth-order valence-electron chi connectivity index (χ4n) is 2.84. The number of hydrogen-bond donors (Lipinski definition) is 2. The summed E-state index contributed by atoms with van der Waals surface area (Å²) in [5.41, 5.74) is 2.09. The lowest BCUT2D eigenvalue weighted by atomic mass is 10.0. The minimum absolute atomic E-state index is 0.165. The second-order valence-electron chi connectivity index (χ2n) is 5.64. The van der Waals surface area contributed by atoms with E-state index in [2.05, 4.69) is 5.32 Å². The number of carbonyl (C=O) groups excluding carboxylic acids is 1. The van der Waals surface area contributed by atoms with Crippen LogP contribution in [0.2, 0.25) is 0 Å². The molecule has 2 aromatic rings. The Labute approximate surface area is 144 Å². The van der Waals surface area contributed by atoms with Crippen molar-refractivity contribution in [3.8, 4) is 11.5 Å². The Kier molecular flexibility index (Phi) is 4.22. The minimum atomic E-state index is -0.991. The second-order valence-corrected chi connectivity index (χ2v) is 5.64. The topological polar surface area (TPSA) is 88.1 Å². The quantitative estimate of drug-likeness (QED) is 0.888. The third-order valence-corrected chi connectivity index (χ3v) is 4.23. The highest BCUT2D eigenvalue weighted by molar-refractivity contribution is 6.02. The van der Waals surface area contributed by atoms with E-state index in [-0.39, 0.29) is 11.5 Å². The van der Waals surface area contributed by atoms with Crippen LogP contribution in [0.25, 0.3) is 0 Å². The molecule has 1 heterocycles. The van der Waals surface area contributed by atoms with Gasteiger partial charge in [0.05, 0.1) is 31.0 Å². The second kappa shape index (κ2) is 6.35. The predicted molar refractivity (Wildman–Crippen MR) is 91.4 cm³/mol. The van der Waals surface area contributed by atoms with E-state index in [9.17, 15) is 9.59 Å². The monoisotopic (exact) mass is 342 g/mol. The van der Waals surface area contributed by atoms with Crippen LogP contribution in [0.1, 0.15) is 32.4 Å². The molecular formula is C18H18N2O5. The SMILES string of the molecule is COc1cc2c(cc1OC)C(=O)N(C)C(c1ccc(C(=O)O)cc1)N2. The Hall–Kier alpha value is -3.22. The van der Waals surface area contributed by atoms with Crippen LogP contribution in [0.15, 0.2) is 36.4 Å². The first-order valence-electron chi connectivity index (χ1n) is 7.59. The Balaban J connectivity index is 2.00. The molecule has 2 N–H and O–H groups in total. The fourth-order valence-corrected chi connectivity index (χ4v) is 2.84. The molecule has 1 unspecified atom stereocenters. The normalized spacial score (nSPS) is 16.0. The van der Waals surface area contributed by atoms with Gasteiger partial charge in [-0.2, -0.15) is 0 Å². The van der Waals surface area contributed by atoms with Gasteiger partial charge in [0.2, 0.25) is 0 Å². The van der Waals surface area contributed by atoms with Gasteiger partial charge < -0.3 is 24.8 Å². The number of carbonyl (C=O) groups is 2. The third-order valence-electron chi connectivity index (χ3n) is 4.23. The van der Waals surface area contributed by atoms with E-state index in [1.807, 2.05) is 0 Å². The number of nitrogens with zero attached hydrogens (tertiary/aromatic N) is 1. The van der Waals surface area contributed by atoms with Crippen LogP contribution in [0, 0.1) is 0 Å². The highest BCUT2D eigenvalue weighted by atomic mass is 16.5. The van der Waals surface area contributed by atoms with Crippen molar-refractivity contribution in [1.29, 1.82) is 0 Å². The molecule has 1 atom stereocenters. The van der Waals surface area contributed by atoms with Gasteiger partial charge in [-0.3, -0.25) is 4.79 Å². The molecule has 0 saturated heterocycles. The van der Waals surface area contributed by atoms with Crippen LogP contribution in [0.3, 0.4) is 0 Å². The average molecular weight is 342 g/mol. The van der Waals surface area contributed by atoms with E-state index in [0.717, 1.165) is 5.56 Å². The number of carboxylic acid groups (broad SMARTS) is 1. The molecule has 7 heteroatoms. The standard InChI is InChI=1S/C18H18N2O5/c1-20-16(10-4-6-11(7-5-10)18(22)23)19-13-9-15(25-3)14(24-2)8-12(13)17(20)21/h4-9,16,19H,1-3H3,(H,22,23). The molecule has 1 amide bonds. The van der Waals surface area contributed by atoms with E-state index in [0.29, 0.717) is 22.7 Å². The summed E-state index contributed by atoms with van der Waals surface area (Å²) in [5, 5.41) is 12.3. The van der Waals surface area contributed by atoms with E-state index in [4.69, 9.17) is 14.6 Å². The van der Waals surface area contributed by atoms with Crippen LogP contribution < -0.4 is 14.8 Å². The summed E-state index contributed by atoms with van der Waals surface area (Å²) in [5.74, 6) is -0.156. The van der Waals surface area contributed by atoms with Crippen molar-refractivity contribution in [1.82, 2.24) is 4.90 Å². The van der Waals surface area contributed by atoms with Crippen molar-refractivity contribution in [2.24, 2.45) is 0 Å². The number of methoxy groups -OCH3 is 2. The van der Waals surface area contributed by atoms with Crippen molar-refractivity contribution in [3.63, 3.8) is 0 Å². The van der Waals surface area contributed by atoms with Gasteiger partial charge in [-0.15, -0.1) is 0 Å². The number of nitrogens with one attached hydrogen (secondary N) is 1. The largest absolute Gasteiger partial charge is 0.493 e. The Morgan fingerprint density at radius 1 is 1.12 bits per heavy atom. The van der Waals surface area contributed by atoms with Crippen LogP contribution >= 0.6 is 0 Å². The number of ether oxygens (including phenoxy) is 2. The molecule has 0 aromatic heterocycles. The first-order chi connectivity index (χ1) is 12.0. The van der Waals surface area contributed by atoms with Gasteiger partial charge in [-0.25, -0.2) is 4.79 Å². The summed E-state index contributed by atoms with van der Waals surface area (Å²) in [6.45, 7) is 0. The van der Waals surface area contributed by atoms with Crippen molar-refractivity contribution in [2.45, 2.75) is 6.17 Å². The number of carboxylic acids is 1. The Bertz CT molecular complexity index is 832. The Morgan fingerprint density at radius 2 is 1.72 bits per heavy atom. The lowest BCUT2D eigenvalue weighted by Crippen LogP contribution is -2.40. The van der Waals surface area contributed by atoms with Gasteiger partial charge in [0.1, 0.15) is 6.17 Å². The molecule has 0 bridgehead atoms. The van der Waals surface area contributed by atoms with Gasteiger partial charge in [0.15, 0.2) is 11.5 Å². The molecule has 2 aromatic carbocycles. The first-order valence-corrected chi connectivity index (χ1v) is 7.59. The molecule has 0 aliphatic carbocycles. The predicted octanol–water partition coefficient (Wildman–Crippen LogP) is 2.60. The number of amides is 1. The highest BCUT2D eigenvalue weighted by Crippen LogP contribution is 2.39. The van der Waals surface area contributed by atoms with Crippen LogP contribution in [-0.4, -0.2) is 43.2 Å². The number of anilines is 1. The molecule has 25 heavy (non-hydrogen) atoms. The van der Waals surface area contributed by atoms with Gasteiger partial charge >= 0.3 is 5.97 Å². The molecule has 0 radical (unpaired) electrons. The van der Waals surface area contributed by atoms with E-state index >= 15 is 0 Å². The zero-order valence-electron chi connectivity index (χ0n) is 14.1. The highest BCUT2D eigenvalue weighted by Gasteiger charge is 2.31. The lowest BCUT2D eigenvalue weighted by Gasteiger charge is -2.36. The summed E-state index contributed by atoms with van der Waals surface area (Å²) in [7, 11) is 4.73. The zero-order valence-corrected chi connectivity index (χ0v) is 14.1. The molecular weight excluding hydrogens is 324 g/mol. The number of aromatic carboxylic acids is 1. The number of rotatable bonds is 4. The number of benzene rings is 2. The van der Waals surface area contributed by atoms with Gasteiger partial charge in [0, 0.05) is 13.1 Å². The molecule has 0 spiro atoms. The van der Waals surface area contributed by atoms with Gasteiger partial charge in [-0.1, -0.05) is 12.1 Å². The van der Waals surface area contributed by atoms with Crippen LogP contribution in [-0.2, 0) is 0 Å². The number of hydrogen-bond acceptors (Lipinski definition) is 5.